The fourth-order valence-corrected chi connectivity index (χ4v) is 3.06. The molecule has 1 aromatic carbocycles. The van der Waals surface area contributed by atoms with Crippen molar-refractivity contribution in [3.05, 3.63) is 35.4 Å². The predicted molar refractivity (Wildman–Crippen MR) is 87.6 cm³/mol. The van der Waals surface area contributed by atoms with Gasteiger partial charge in [0.2, 0.25) is 0 Å². The van der Waals surface area contributed by atoms with Crippen LogP contribution in [0, 0.1) is 0 Å². The number of alkyl halides is 3. The minimum Gasteiger partial charge on any atom is -0.314 e. The Bertz CT molecular complexity index is 482. The van der Waals surface area contributed by atoms with Gasteiger partial charge in [-0.25, -0.2) is 0 Å². The SMILES string of the molecule is CC(C)(C)c1ccc([C@@H](CCC(F)(F)F)N2CCNCC2)cc1. The van der Waals surface area contributed by atoms with Crippen molar-refractivity contribution in [3.63, 3.8) is 0 Å². The van der Waals surface area contributed by atoms with Crippen LogP contribution in [0.15, 0.2) is 24.3 Å². The van der Waals surface area contributed by atoms with Gasteiger partial charge in [0.25, 0.3) is 0 Å². The van der Waals surface area contributed by atoms with Gasteiger partial charge < -0.3 is 5.32 Å². The Morgan fingerprint density at radius 3 is 2.09 bits per heavy atom. The topological polar surface area (TPSA) is 15.3 Å². The number of nitrogens with one attached hydrogen (secondary N) is 1. The summed E-state index contributed by atoms with van der Waals surface area (Å²) in [6, 6.07) is 7.96. The molecule has 1 atom stereocenters. The van der Waals surface area contributed by atoms with Crippen molar-refractivity contribution in [1.82, 2.24) is 10.2 Å². The van der Waals surface area contributed by atoms with Crippen LogP contribution in [-0.2, 0) is 5.41 Å². The third kappa shape index (κ3) is 5.50. The Morgan fingerprint density at radius 2 is 1.61 bits per heavy atom. The number of hydrogen-bond donors (Lipinski definition) is 1. The number of benzene rings is 1. The Labute approximate surface area is 137 Å². The molecule has 0 amide bonds. The Kier molecular flexibility index (Phi) is 5.74. The highest BCUT2D eigenvalue weighted by Crippen LogP contribution is 2.33. The standard InChI is InChI=1S/C18H27F3N2/c1-17(2,3)15-6-4-14(5-7-15)16(8-9-18(19,20)21)23-12-10-22-11-13-23/h4-7,16,22H,8-13H2,1-3H3/t16-/m1/s1. The average molecular weight is 328 g/mol. The first-order chi connectivity index (χ1) is 10.7. The maximum absolute atomic E-state index is 12.7. The molecule has 0 radical (unpaired) electrons. The zero-order valence-electron chi connectivity index (χ0n) is 14.2. The van der Waals surface area contributed by atoms with Crippen LogP contribution in [0.4, 0.5) is 13.2 Å². The molecule has 1 aliphatic rings. The molecule has 1 fully saturated rings. The van der Waals surface area contributed by atoms with Crippen molar-refractivity contribution < 1.29 is 13.2 Å². The van der Waals surface area contributed by atoms with E-state index in [1.165, 1.54) is 5.56 Å². The Hall–Kier alpha value is -1.07. The highest BCUT2D eigenvalue weighted by atomic mass is 19.4. The molecule has 0 aromatic heterocycles. The first kappa shape index (κ1) is 18.3. The summed E-state index contributed by atoms with van der Waals surface area (Å²) >= 11 is 0. The zero-order valence-corrected chi connectivity index (χ0v) is 14.2. The van der Waals surface area contributed by atoms with E-state index in [0.29, 0.717) is 0 Å². The molecule has 0 unspecified atom stereocenters. The monoisotopic (exact) mass is 328 g/mol. The normalized spacial score (nSPS) is 18.9. The molecule has 0 saturated carbocycles. The molecule has 23 heavy (non-hydrogen) atoms. The van der Waals surface area contributed by atoms with Gasteiger partial charge in [-0.05, 0) is 23.0 Å². The minimum atomic E-state index is -4.10. The fourth-order valence-electron chi connectivity index (χ4n) is 3.06. The molecule has 2 nitrogen and oxygen atoms in total. The van der Waals surface area contributed by atoms with Crippen LogP contribution in [-0.4, -0.2) is 37.3 Å². The van der Waals surface area contributed by atoms with Crippen LogP contribution in [0.5, 0.6) is 0 Å². The van der Waals surface area contributed by atoms with Crippen molar-refractivity contribution in [1.29, 1.82) is 0 Å². The summed E-state index contributed by atoms with van der Waals surface area (Å²) in [4.78, 5) is 2.17. The van der Waals surface area contributed by atoms with Crippen molar-refractivity contribution in [2.75, 3.05) is 26.2 Å². The van der Waals surface area contributed by atoms with Crippen molar-refractivity contribution in [2.45, 2.75) is 51.2 Å². The van der Waals surface area contributed by atoms with Crippen LogP contribution in [0.1, 0.15) is 50.8 Å². The molecule has 1 aromatic rings. The maximum Gasteiger partial charge on any atom is 0.389 e. The van der Waals surface area contributed by atoms with Crippen molar-refractivity contribution >= 4 is 0 Å². The molecular weight excluding hydrogens is 301 g/mol. The molecule has 1 heterocycles. The maximum atomic E-state index is 12.7. The highest BCUT2D eigenvalue weighted by Gasteiger charge is 2.31. The summed E-state index contributed by atoms with van der Waals surface area (Å²) in [5.74, 6) is 0. The molecule has 0 aliphatic carbocycles. The second-order valence-electron chi connectivity index (χ2n) is 7.33. The molecular formula is C18H27F3N2. The quantitative estimate of drug-likeness (QED) is 0.888. The van der Waals surface area contributed by atoms with E-state index in [1.807, 2.05) is 12.1 Å². The third-order valence-corrected chi connectivity index (χ3v) is 4.46. The molecule has 1 N–H and O–H groups in total. The second kappa shape index (κ2) is 7.22. The first-order valence-electron chi connectivity index (χ1n) is 8.29. The predicted octanol–water partition coefficient (Wildman–Crippen LogP) is 4.27. The van der Waals surface area contributed by atoms with Gasteiger partial charge >= 0.3 is 6.18 Å². The average Bonchev–Trinajstić information content (AvgIpc) is 2.47. The first-order valence-corrected chi connectivity index (χ1v) is 8.29. The molecule has 2 rings (SSSR count). The lowest BCUT2D eigenvalue weighted by atomic mass is 9.86. The fraction of sp³-hybridized carbons (Fsp3) is 0.667. The van der Waals surface area contributed by atoms with E-state index in [0.717, 1.165) is 31.7 Å². The number of nitrogens with zero attached hydrogens (tertiary/aromatic N) is 1. The summed E-state index contributed by atoms with van der Waals surface area (Å²) in [6.45, 7) is 9.68. The van der Waals surface area contributed by atoms with Crippen molar-refractivity contribution in [2.24, 2.45) is 0 Å². The minimum absolute atomic E-state index is 0.0506. The van der Waals surface area contributed by atoms with Crippen LogP contribution in [0.2, 0.25) is 0 Å². The van der Waals surface area contributed by atoms with Gasteiger partial charge in [-0.1, -0.05) is 45.0 Å². The lowest BCUT2D eigenvalue weighted by Gasteiger charge is -2.35. The molecule has 0 spiro atoms. The van der Waals surface area contributed by atoms with E-state index < -0.39 is 12.6 Å². The van der Waals surface area contributed by atoms with Crippen LogP contribution in [0.25, 0.3) is 0 Å². The Morgan fingerprint density at radius 1 is 1.04 bits per heavy atom. The van der Waals surface area contributed by atoms with Gasteiger partial charge in [-0.3, -0.25) is 4.90 Å². The lowest BCUT2D eigenvalue weighted by Crippen LogP contribution is -2.45. The van der Waals surface area contributed by atoms with Crippen LogP contribution in [0.3, 0.4) is 0 Å². The highest BCUT2D eigenvalue weighted by molar-refractivity contribution is 5.29. The molecule has 0 bridgehead atoms. The summed E-state index contributed by atoms with van der Waals surface area (Å²) in [5.41, 5.74) is 2.25. The van der Waals surface area contributed by atoms with Gasteiger partial charge in [-0.2, -0.15) is 13.2 Å². The van der Waals surface area contributed by atoms with E-state index in [4.69, 9.17) is 0 Å². The number of halogens is 3. The van der Waals surface area contributed by atoms with E-state index in [-0.39, 0.29) is 17.9 Å². The summed E-state index contributed by atoms with van der Waals surface area (Å²) in [5, 5.41) is 3.26. The van der Waals surface area contributed by atoms with Crippen molar-refractivity contribution in [3.8, 4) is 0 Å². The van der Waals surface area contributed by atoms with Gasteiger partial charge in [-0.15, -0.1) is 0 Å². The van der Waals surface area contributed by atoms with Crippen LogP contribution < -0.4 is 5.32 Å². The molecule has 1 aliphatic heterocycles. The number of piperazine rings is 1. The van der Waals surface area contributed by atoms with E-state index >= 15 is 0 Å². The summed E-state index contributed by atoms with van der Waals surface area (Å²) in [7, 11) is 0. The molecule has 1 saturated heterocycles. The summed E-state index contributed by atoms with van der Waals surface area (Å²) in [6.07, 6.45) is -4.71. The van der Waals surface area contributed by atoms with Gasteiger partial charge in [0.05, 0.1) is 0 Å². The van der Waals surface area contributed by atoms with Gasteiger partial charge in [0, 0.05) is 38.6 Å². The van der Waals surface area contributed by atoms with Crippen LogP contribution >= 0.6 is 0 Å². The van der Waals surface area contributed by atoms with Gasteiger partial charge in [0.15, 0.2) is 0 Å². The smallest absolute Gasteiger partial charge is 0.314 e. The second-order valence-corrected chi connectivity index (χ2v) is 7.33. The third-order valence-electron chi connectivity index (χ3n) is 4.46. The molecule has 5 heteroatoms. The Balaban J connectivity index is 2.18. The number of hydrogen-bond acceptors (Lipinski definition) is 2. The van der Waals surface area contributed by atoms with Gasteiger partial charge in [0.1, 0.15) is 0 Å². The zero-order chi connectivity index (χ0) is 17.1. The van der Waals surface area contributed by atoms with E-state index in [1.54, 1.807) is 0 Å². The van der Waals surface area contributed by atoms with E-state index in [2.05, 4.69) is 43.1 Å². The lowest BCUT2D eigenvalue weighted by molar-refractivity contribution is -0.138. The summed E-state index contributed by atoms with van der Waals surface area (Å²) < 4.78 is 38.1. The number of rotatable bonds is 4. The van der Waals surface area contributed by atoms with E-state index in [9.17, 15) is 13.2 Å². The molecule has 130 valence electrons. The largest absolute Gasteiger partial charge is 0.389 e.